The van der Waals surface area contributed by atoms with Crippen molar-refractivity contribution in [3.8, 4) is 0 Å². The van der Waals surface area contributed by atoms with Crippen molar-refractivity contribution >= 4 is 17.3 Å². The zero-order valence-corrected chi connectivity index (χ0v) is 13.6. The maximum Gasteiger partial charge on any atom is 0.270 e. The first-order chi connectivity index (χ1) is 12.0. The molecule has 2 aromatic carbocycles. The second-order valence-electron chi connectivity index (χ2n) is 5.72. The fraction of sp³-hybridized carbons (Fsp3) is 0.222. The summed E-state index contributed by atoms with van der Waals surface area (Å²) in [4.78, 5) is 22.8. The molecule has 0 aliphatic carbocycles. The van der Waals surface area contributed by atoms with Gasteiger partial charge in [0.05, 0.1) is 16.7 Å². The molecule has 1 heterocycles. The molecule has 0 aromatic heterocycles. The molecule has 6 nitrogen and oxygen atoms in total. The van der Waals surface area contributed by atoms with Crippen LogP contribution < -0.4 is 0 Å². The Balaban J connectivity index is 1.96. The van der Waals surface area contributed by atoms with Crippen LogP contribution in [0.1, 0.15) is 36.9 Å². The van der Waals surface area contributed by atoms with Gasteiger partial charge in [0.25, 0.3) is 5.69 Å². The number of halogens is 1. The van der Waals surface area contributed by atoms with Gasteiger partial charge >= 0.3 is 0 Å². The van der Waals surface area contributed by atoms with E-state index < -0.39 is 4.92 Å². The van der Waals surface area contributed by atoms with Crippen molar-refractivity contribution in [2.24, 2.45) is 5.10 Å². The summed E-state index contributed by atoms with van der Waals surface area (Å²) in [6.07, 6.45) is 0.696. The topological polar surface area (TPSA) is 75.8 Å². The molecular weight excluding hydrogens is 325 g/mol. The Kier molecular flexibility index (Phi) is 4.56. The fourth-order valence-corrected chi connectivity index (χ4v) is 2.82. The molecule has 1 aliphatic rings. The van der Waals surface area contributed by atoms with Crippen molar-refractivity contribution in [2.75, 3.05) is 0 Å². The van der Waals surface area contributed by atoms with Gasteiger partial charge in [-0.05, 0) is 17.7 Å². The summed E-state index contributed by atoms with van der Waals surface area (Å²) in [5.74, 6) is -0.510. The van der Waals surface area contributed by atoms with Gasteiger partial charge in [-0.1, -0.05) is 31.2 Å². The van der Waals surface area contributed by atoms with Crippen molar-refractivity contribution in [2.45, 2.75) is 25.8 Å². The Bertz CT molecular complexity index is 849. The molecule has 2 aromatic rings. The lowest BCUT2D eigenvalue weighted by atomic mass is 9.98. The minimum atomic E-state index is -0.467. The maximum atomic E-state index is 13.2. The molecule has 0 saturated heterocycles. The molecule has 128 valence electrons. The highest BCUT2D eigenvalue weighted by Gasteiger charge is 2.32. The summed E-state index contributed by atoms with van der Waals surface area (Å²) in [7, 11) is 0. The minimum Gasteiger partial charge on any atom is -0.273 e. The average Bonchev–Trinajstić information content (AvgIpc) is 3.07. The van der Waals surface area contributed by atoms with Gasteiger partial charge in [0.15, 0.2) is 0 Å². The molecular formula is C18H16FN3O3. The molecule has 0 N–H and O–H groups in total. The molecule has 0 spiro atoms. The molecule has 1 atom stereocenters. The third-order valence-corrected chi connectivity index (χ3v) is 4.11. The number of nitro groups is 1. The third kappa shape index (κ3) is 3.40. The Morgan fingerprint density at radius 2 is 2.04 bits per heavy atom. The van der Waals surface area contributed by atoms with Crippen molar-refractivity contribution in [1.29, 1.82) is 0 Å². The lowest BCUT2D eigenvalue weighted by Gasteiger charge is -2.21. The number of rotatable bonds is 4. The van der Waals surface area contributed by atoms with Gasteiger partial charge in [-0.25, -0.2) is 9.40 Å². The predicted molar refractivity (Wildman–Crippen MR) is 90.5 cm³/mol. The van der Waals surface area contributed by atoms with E-state index in [2.05, 4.69) is 5.10 Å². The van der Waals surface area contributed by atoms with Gasteiger partial charge in [-0.15, -0.1) is 0 Å². The Morgan fingerprint density at radius 3 is 2.68 bits per heavy atom. The minimum absolute atomic E-state index is 0.0289. The molecule has 1 unspecified atom stereocenters. The lowest BCUT2D eigenvalue weighted by Crippen LogP contribution is -2.26. The number of hydrogen-bond acceptors (Lipinski definition) is 4. The van der Waals surface area contributed by atoms with Gasteiger partial charge in [-0.3, -0.25) is 14.9 Å². The van der Waals surface area contributed by atoms with Gasteiger partial charge in [0, 0.05) is 30.5 Å². The molecule has 0 saturated carbocycles. The Hall–Kier alpha value is -3.09. The lowest BCUT2D eigenvalue weighted by molar-refractivity contribution is -0.384. The van der Waals surface area contributed by atoms with Crippen LogP contribution in [0, 0.1) is 15.9 Å². The quantitative estimate of drug-likeness (QED) is 0.626. The van der Waals surface area contributed by atoms with Crippen molar-refractivity contribution in [1.82, 2.24) is 5.01 Å². The van der Waals surface area contributed by atoms with E-state index in [4.69, 9.17) is 0 Å². The number of hydrazone groups is 1. The highest BCUT2D eigenvalue weighted by molar-refractivity contribution is 6.03. The van der Waals surface area contributed by atoms with Crippen LogP contribution in [0.5, 0.6) is 0 Å². The summed E-state index contributed by atoms with van der Waals surface area (Å²) >= 11 is 0. The van der Waals surface area contributed by atoms with Crippen LogP contribution >= 0.6 is 0 Å². The van der Waals surface area contributed by atoms with Crippen molar-refractivity contribution < 1.29 is 14.1 Å². The van der Waals surface area contributed by atoms with Crippen LogP contribution in [0.2, 0.25) is 0 Å². The highest BCUT2D eigenvalue weighted by atomic mass is 19.1. The van der Waals surface area contributed by atoms with Crippen LogP contribution in [0.4, 0.5) is 10.1 Å². The monoisotopic (exact) mass is 341 g/mol. The second kappa shape index (κ2) is 6.80. The predicted octanol–water partition coefficient (Wildman–Crippen LogP) is 3.82. The van der Waals surface area contributed by atoms with E-state index in [1.165, 1.54) is 29.3 Å². The standard InChI is InChI=1S/C18H16FN3O3/c1-2-18(23)21-17(12-6-8-14(19)9-7-12)11-16(20-21)13-4-3-5-15(10-13)22(24)25/h3-10,17H,2,11H2,1H3. The van der Waals surface area contributed by atoms with E-state index >= 15 is 0 Å². The molecule has 3 rings (SSSR count). The molecule has 25 heavy (non-hydrogen) atoms. The molecule has 0 fully saturated rings. The first-order valence-corrected chi connectivity index (χ1v) is 7.89. The van der Waals surface area contributed by atoms with Crippen molar-refractivity contribution in [3.63, 3.8) is 0 Å². The number of nitrogens with zero attached hydrogens (tertiary/aromatic N) is 3. The first-order valence-electron chi connectivity index (χ1n) is 7.89. The first kappa shape index (κ1) is 16.8. The normalized spacial score (nSPS) is 16.6. The Labute approximate surface area is 143 Å². The van der Waals surface area contributed by atoms with E-state index in [0.29, 0.717) is 17.7 Å². The van der Waals surface area contributed by atoms with E-state index in [1.54, 1.807) is 31.2 Å². The summed E-state index contributed by atoms with van der Waals surface area (Å²) < 4.78 is 13.2. The summed E-state index contributed by atoms with van der Waals surface area (Å²) in [6, 6.07) is 11.8. The van der Waals surface area contributed by atoms with Crippen molar-refractivity contribution in [3.05, 3.63) is 75.6 Å². The van der Waals surface area contributed by atoms with Gasteiger partial charge in [0.1, 0.15) is 5.82 Å². The number of carbonyl (C=O) groups excluding carboxylic acids is 1. The Morgan fingerprint density at radius 1 is 1.32 bits per heavy atom. The van der Waals surface area contributed by atoms with Crippen LogP contribution in [0.25, 0.3) is 0 Å². The molecule has 1 amide bonds. The zero-order chi connectivity index (χ0) is 18.0. The van der Waals surface area contributed by atoms with Crippen LogP contribution in [-0.2, 0) is 4.79 Å². The van der Waals surface area contributed by atoms with E-state index in [-0.39, 0.29) is 29.9 Å². The maximum absolute atomic E-state index is 13.2. The summed E-state index contributed by atoms with van der Waals surface area (Å²) in [5.41, 5.74) is 1.94. The number of carbonyl (C=O) groups is 1. The largest absolute Gasteiger partial charge is 0.273 e. The van der Waals surface area contributed by atoms with E-state index in [1.807, 2.05) is 0 Å². The summed E-state index contributed by atoms with van der Waals surface area (Å²) in [6.45, 7) is 1.74. The number of non-ortho nitro benzene ring substituents is 1. The average molecular weight is 341 g/mol. The molecule has 1 aliphatic heterocycles. The van der Waals surface area contributed by atoms with Crippen LogP contribution in [0.3, 0.4) is 0 Å². The molecule has 0 radical (unpaired) electrons. The second-order valence-corrected chi connectivity index (χ2v) is 5.72. The zero-order valence-electron chi connectivity index (χ0n) is 13.6. The smallest absolute Gasteiger partial charge is 0.270 e. The van der Waals surface area contributed by atoms with Gasteiger partial charge < -0.3 is 0 Å². The van der Waals surface area contributed by atoms with E-state index in [0.717, 1.165) is 5.56 Å². The number of hydrogen-bond donors (Lipinski definition) is 0. The number of amides is 1. The number of benzene rings is 2. The van der Waals surface area contributed by atoms with E-state index in [9.17, 15) is 19.3 Å². The summed E-state index contributed by atoms with van der Waals surface area (Å²) in [5, 5.41) is 16.8. The highest BCUT2D eigenvalue weighted by Crippen LogP contribution is 2.33. The fourth-order valence-electron chi connectivity index (χ4n) is 2.82. The van der Waals surface area contributed by atoms with Gasteiger partial charge in [0.2, 0.25) is 5.91 Å². The number of nitro benzene ring substituents is 1. The van der Waals surface area contributed by atoms with Crippen LogP contribution in [-0.4, -0.2) is 21.6 Å². The van der Waals surface area contributed by atoms with Crippen LogP contribution in [0.15, 0.2) is 53.6 Å². The molecule has 0 bridgehead atoms. The molecule has 7 heteroatoms. The third-order valence-electron chi connectivity index (χ3n) is 4.11. The van der Waals surface area contributed by atoms with Gasteiger partial charge in [-0.2, -0.15) is 5.10 Å². The SMILES string of the molecule is CCC(=O)N1N=C(c2cccc([N+](=O)[O-])c2)CC1c1ccc(F)cc1.